The number of hydrogen-bond donors (Lipinski definition) is 2. The minimum atomic E-state index is -3.45. The van der Waals surface area contributed by atoms with Crippen LogP contribution in [0.2, 0.25) is 0 Å². The van der Waals surface area contributed by atoms with E-state index in [2.05, 4.69) is 21.7 Å². The van der Waals surface area contributed by atoms with Crippen molar-refractivity contribution in [2.45, 2.75) is 57.2 Å². The van der Waals surface area contributed by atoms with E-state index in [1.807, 2.05) is 24.3 Å². The Balaban J connectivity index is 1.55. The van der Waals surface area contributed by atoms with Gasteiger partial charge >= 0.3 is 0 Å². The largest absolute Gasteiger partial charge is 0.390 e. The Morgan fingerprint density at radius 3 is 2.51 bits per heavy atom. The van der Waals surface area contributed by atoms with Gasteiger partial charge in [-0.3, -0.25) is 4.90 Å². The summed E-state index contributed by atoms with van der Waals surface area (Å²) in [6.45, 7) is 11.7. The second kappa shape index (κ2) is 10.9. The zero-order valence-electron chi connectivity index (χ0n) is 22.2. The Labute approximate surface area is 226 Å². The van der Waals surface area contributed by atoms with Crippen LogP contribution in [0, 0.1) is 24.1 Å². The van der Waals surface area contributed by atoms with Gasteiger partial charge in [0.25, 0.3) is 12.0 Å². The SMILES string of the molecule is [C-]#[N+]C(c1cc(F)c([C@@H]2c3[nH]c4ccccc4c3C[C@@H](C)N2CC(F)(F)CO)c(F)c1)C1CN(CCCC)C1. The molecule has 2 aromatic carbocycles. The predicted molar refractivity (Wildman–Crippen MR) is 143 cm³/mol. The van der Waals surface area contributed by atoms with Gasteiger partial charge in [0, 0.05) is 46.9 Å². The van der Waals surface area contributed by atoms with Gasteiger partial charge in [0.05, 0.1) is 18.5 Å². The monoisotopic (exact) mass is 542 g/mol. The number of likely N-dealkylation sites (tertiary alicyclic amines) is 1. The first kappa shape index (κ1) is 27.6. The fraction of sp³-hybridized carbons (Fsp3) is 0.500. The Bertz CT molecular complexity index is 1350. The molecule has 3 atom stereocenters. The summed E-state index contributed by atoms with van der Waals surface area (Å²) in [6, 6.07) is 7.58. The van der Waals surface area contributed by atoms with Gasteiger partial charge < -0.3 is 19.8 Å². The molecular weight excluding hydrogens is 508 g/mol. The normalized spacial score (nSPS) is 21.5. The molecule has 3 heterocycles. The molecule has 0 saturated carbocycles. The molecule has 9 heteroatoms. The Morgan fingerprint density at radius 1 is 1.18 bits per heavy atom. The highest BCUT2D eigenvalue weighted by Gasteiger charge is 2.44. The molecule has 1 aromatic heterocycles. The van der Waals surface area contributed by atoms with Gasteiger partial charge in [-0.15, -0.1) is 0 Å². The number of aliphatic hydroxyl groups excluding tert-OH is 1. The molecule has 0 radical (unpaired) electrons. The highest BCUT2D eigenvalue weighted by Crippen LogP contribution is 2.44. The van der Waals surface area contributed by atoms with Gasteiger partial charge in [-0.05, 0) is 50.1 Å². The number of rotatable bonds is 9. The zero-order chi connectivity index (χ0) is 27.9. The molecule has 2 aliphatic heterocycles. The molecule has 1 fully saturated rings. The fourth-order valence-electron chi connectivity index (χ4n) is 6.24. The van der Waals surface area contributed by atoms with Crippen molar-refractivity contribution in [2.75, 3.05) is 32.8 Å². The number of H-pyrrole nitrogens is 1. The van der Waals surface area contributed by atoms with E-state index in [4.69, 9.17) is 6.57 Å². The van der Waals surface area contributed by atoms with Crippen LogP contribution >= 0.6 is 0 Å². The van der Waals surface area contributed by atoms with Crippen LogP contribution in [0.5, 0.6) is 0 Å². The first-order valence-corrected chi connectivity index (χ1v) is 13.6. The van der Waals surface area contributed by atoms with Crippen LogP contribution in [0.3, 0.4) is 0 Å². The lowest BCUT2D eigenvalue weighted by atomic mass is 9.84. The molecule has 2 aliphatic rings. The number of alkyl halides is 2. The molecule has 0 spiro atoms. The lowest BCUT2D eigenvalue weighted by molar-refractivity contribution is -0.0869. The molecular formula is C30H34F4N4O. The van der Waals surface area contributed by atoms with Gasteiger partial charge in [0.1, 0.15) is 18.2 Å². The van der Waals surface area contributed by atoms with Crippen molar-refractivity contribution < 1.29 is 22.7 Å². The van der Waals surface area contributed by atoms with Gasteiger partial charge in [0.15, 0.2) is 0 Å². The Kier molecular flexibility index (Phi) is 7.73. The molecule has 0 bridgehead atoms. The van der Waals surface area contributed by atoms with E-state index in [0.717, 1.165) is 35.9 Å². The molecule has 39 heavy (non-hydrogen) atoms. The zero-order valence-corrected chi connectivity index (χ0v) is 22.2. The lowest BCUT2D eigenvalue weighted by Crippen LogP contribution is -2.49. The van der Waals surface area contributed by atoms with Gasteiger partial charge in [0.2, 0.25) is 0 Å². The van der Waals surface area contributed by atoms with Crippen LogP contribution in [0.4, 0.5) is 17.6 Å². The molecule has 1 saturated heterocycles. The summed E-state index contributed by atoms with van der Waals surface area (Å²) < 4.78 is 60.9. The summed E-state index contributed by atoms with van der Waals surface area (Å²) in [5, 5.41) is 10.2. The van der Waals surface area contributed by atoms with Crippen molar-refractivity contribution in [3.05, 3.63) is 81.8 Å². The number of fused-ring (bicyclic) bond motifs is 3. The topological polar surface area (TPSA) is 46.9 Å². The average Bonchev–Trinajstić information content (AvgIpc) is 3.24. The minimum Gasteiger partial charge on any atom is -0.390 e. The number of aromatic amines is 1. The first-order valence-electron chi connectivity index (χ1n) is 13.6. The third kappa shape index (κ3) is 5.18. The van der Waals surface area contributed by atoms with E-state index >= 15 is 8.78 Å². The highest BCUT2D eigenvalue weighted by molar-refractivity contribution is 5.85. The molecule has 2 N–H and O–H groups in total. The third-order valence-electron chi connectivity index (χ3n) is 8.28. The van der Waals surface area contributed by atoms with E-state index in [0.29, 0.717) is 25.2 Å². The van der Waals surface area contributed by atoms with E-state index < -0.39 is 48.8 Å². The van der Waals surface area contributed by atoms with Crippen molar-refractivity contribution in [3.8, 4) is 0 Å². The number of aromatic nitrogens is 1. The highest BCUT2D eigenvalue weighted by atomic mass is 19.3. The van der Waals surface area contributed by atoms with E-state index in [9.17, 15) is 13.9 Å². The summed E-state index contributed by atoms with van der Waals surface area (Å²) in [5.74, 6) is -5.19. The van der Waals surface area contributed by atoms with Crippen LogP contribution in [-0.2, 0) is 6.42 Å². The quantitative estimate of drug-likeness (QED) is 0.254. The van der Waals surface area contributed by atoms with Crippen LogP contribution in [0.25, 0.3) is 15.7 Å². The summed E-state index contributed by atoms with van der Waals surface area (Å²) in [4.78, 5) is 10.6. The number of halogens is 4. The van der Waals surface area contributed by atoms with E-state index in [1.165, 1.54) is 17.0 Å². The van der Waals surface area contributed by atoms with E-state index in [-0.39, 0.29) is 17.0 Å². The minimum absolute atomic E-state index is 0.0150. The van der Waals surface area contributed by atoms with Gasteiger partial charge in [-0.25, -0.2) is 24.1 Å². The van der Waals surface area contributed by atoms with Gasteiger partial charge in [-0.2, -0.15) is 0 Å². The molecule has 208 valence electrons. The number of unbranched alkanes of at least 4 members (excludes halogenated alkanes) is 1. The first-order chi connectivity index (χ1) is 18.7. The van der Waals surface area contributed by atoms with Crippen LogP contribution in [0.1, 0.15) is 61.2 Å². The average molecular weight is 543 g/mol. The fourth-order valence-corrected chi connectivity index (χ4v) is 6.24. The second-order valence-corrected chi connectivity index (χ2v) is 11.1. The maximum absolute atomic E-state index is 16.0. The van der Waals surface area contributed by atoms with E-state index in [1.54, 1.807) is 6.92 Å². The smallest absolute Gasteiger partial charge is 0.283 e. The van der Waals surface area contributed by atoms with Crippen LogP contribution in [0.15, 0.2) is 36.4 Å². The molecule has 5 nitrogen and oxygen atoms in total. The molecule has 0 aliphatic carbocycles. The number of nitrogens with one attached hydrogen (secondary N) is 1. The molecule has 1 unspecified atom stereocenters. The maximum Gasteiger partial charge on any atom is 0.283 e. The summed E-state index contributed by atoms with van der Waals surface area (Å²) in [5.41, 5.74) is 2.03. The number of hydrogen-bond acceptors (Lipinski definition) is 3. The van der Waals surface area contributed by atoms with Crippen molar-refractivity contribution in [1.29, 1.82) is 0 Å². The molecule has 0 amide bonds. The number of aliphatic hydroxyl groups is 1. The number of para-hydroxylation sites is 1. The second-order valence-electron chi connectivity index (χ2n) is 11.1. The van der Waals surface area contributed by atoms with Crippen molar-refractivity contribution >= 4 is 10.9 Å². The summed E-state index contributed by atoms with van der Waals surface area (Å²) in [7, 11) is 0. The van der Waals surface area contributed by atoms with Crippen LogP contribution in [-0.4, -0.2) is 64.6 Å². The molecule has 5 rings (SSSR count). The van der Waals surface area contributed by atoms with Crippen molar-refractivity contribution in [1.82, 2.24) is 14.8 Å². The summed E-state index contributed by atoms with van der Waals surface area (Å²) in [6.07, 6.45) is 2.55. The van der Waals surface area contributed by atoms with Crippen molar-refractivity contribution in [2.24, 2.45) is 5.92 Å². The number of nitrogens with zero attached hydrogens (tertiary/aromatic N) is 3. The predicted octanol–water partition coefficient (Wildman–Crippen LogP) is 6.10. The Hall–Kier alpha value is -2.93. The third-order valence-corrected chi connectivity index (χ3v) is 8.28. The van der Waals surface area contributed by atoms with Gasteiger partial charge in [-0.1, -0.05) is 31.5 Å². The van der Waals surface area contributed by atoms with Crippen LogP contribution < -0.4 is 0 Å². The van der Waals surface area contributed by atoms with Crippen molar-refractivity contribution in [3.63, 3.8) is 0 Å². The molecule has 3 aromatic rings. The number of benzene rings is 2. The summed E-state index contributed by atoms with van der Waals surface area (Å²) >= 11 is 0. The Morgan fingerprint density at radius 2 is 1.87 bits per heavy atom. The maximum atomic E-state index is 16.0. The lowest BCUT2D eigenvalue weighted by Gasteiger charge is -2.42. The standard InChI is InChI=1S/C30H34F4N4O/c1-4-5-10-37-14-20(15-37)27(35-3)19-12-23(31)26(24(32)13-19)29-28-22(21-8-6-7-9-25(21)36-28)11-18(2)38(29)16-30(33,34)17-39/h6-9,12-13,18,20,27,29,36,39H,4-5,10-11,14-17H2,1-2H3/t18-,27?,29-/m1/s1.